The zero-order valence-electron chi connectivity index (χ0n) is 15.5. The third-order valence-electron chi connectivity index (χ3n) is 4.44. The Balaban J connectivity index is 2.04. The van der Waals surface area contributed by atoms with Gasteiger partial charge in [0, 0.05) is 24.0 Å². The first-order valence-corrected chi connectivity index (χ1v) is 9.56. The van der Waals surface area contributed by atoms with Crippen molar-refractivity contribution >= 4 is 27.3 Å². The van der Waals surface area contributed by atoms with Gasteiger partial charge in [0.1, 0.15) is 16.5 Å². The van der Waals surface area contributed by atoms with Crippen LogP contribution in [0.5, 0.6) is 0 Å². The zero-order chi connectivity index (χ0) is 19.6. The molecule has 0 bridgehead atoms. The first-order valence-electron chi connectivity index (χ1n) is 8.75. The van der Waals surface area contributed by atoms with Crippen molar-refractivity contribution in [3.8, 4) is 0 Å². The van der Waals surface area contributed by atoms with Gasteiger partial charge in [0.25, 0.3) is 5.56 Å². The maximum absolute atomic E-state index is 13.5. The quantitative estimate of drug-likeness (QED) is 0.581. The molecule has 3 aromatic rings. The van der Waals surface area contributed by atoms with Gasteiger partial charge in [-0.25, -0.2) is 9.37 Å². The third kappa shape index (κ3) is 3.99. The van der Waals surface area contributed by atoms with Gasteiger partial charge in [-0.15, -0.1) is 11.3 Å². The van der Waals surface area contributed by atoms with Crippen molar-refractivity contribution in [3.63, 3.8) is 0 Å². The zero-order valence-corrected chi connectivity index (χ0v) is 16.4. The van der Waals surface area contributed by atoms with Crippen LogP contribution in [0.25, 0.3) is 10.2 Å². The molecule has 0 aliphatic rings. The first-order chi connectivity index (χ1) is 12.9. The van der Waals surface area contributed by atoms with Crippen LogP contribution in [0.2, 0.25) is 0 Å². The second kappa shape index (κ2) is 8.10. The lowest BCUT2D eigenvalue weighted by Crippen LogP contribution is -2.29. The van der Waals surface area contributed by atoms with Crippen LogP contribution >= 0.6 is 11.3 Å². The van der Waals surface area contributed by atoms with Crippen molar-refractivity contribution in [1.29, 1.82) is 0 Å². The SMILES string of the molecule is CCc1cc2c(=O)n(CC(=O)c3ccc(F)c(C)c3)c(CCOC)nc2s1. The summed E-state index contributed by atoms with van der Waals surface area (Å²) in [5.41, 5.74) is 0.541. The number of methoxy groups -OCH3 is 1. The van der Waals surface area contributed by atoms with E-state index in [4.69, 9.17) is 4.74 Å². The largest absolute Gasteiger partial charge is 0.384 e. The van der Waals surface area contributed by atoms with E-state index in [1.807, 2.05) is 13.0 Å². The molecule has 0 amide bonds. The molecule has 0 radical (unpaired) electrons. The van der Waals surface area contributed by atoms with E-state index in [9.17, 15) is 14.0 Å². The monoisotopic (exact) mass is 388 g/mol. The number of carbonyl (C=O) groups excluding carboxylic acids is 1. The van der Waals surface area contributed by atoms with E-state index in [1.165, 1.54) is 34.1 Å². The predicted molar refractivity (Wildman–Crippen MR) is 104 cm³/mol. The number of carbonyl (C=O) groups is 1. The molecule has 0 atom stereocenters. The number of thiophene rings is 1. The van der Waals surface area contributed by atoms with Gasteiger partial charge in [-0.1, -0.05) is 6.92 Å². The summed E-state index contributed by atoms with van der Waals surface area (Å²) in [5.74, 6) is -0.102. The molecule has 3 rings (SSSR count). The molecule has 27 heavy (non-hydrogen) atoms. The van der Waals surface area contributed by atoms with Gasteiger partial charge in [-0.3, -0.25) is 14.2 Å². The van der Waals surface area contributed by atoms with Gasteiger partial charge in [-0.05, 0) is 43.2 Å². The van der Waals surface area contributed by atoms with Crippen molar-refractivity contribution in [1.82, 2.24) is 9.55 Å². The number of Topliss-reactive ketones (excluding diaryl/α,β-unsaturated/α-hetero) is 1. The summed E-state index contributed by atoms with van der Waals surface area (Å²) >= 11 is 1.49. The Labute approximate surface area is 160 Å². The molecule has 0 fully saturated rings. The smallest absolute Gasteiger partial charge is 0.262 e. The number of ether oxygens (including phenoxy) is 1. The Hall–Kier alpha value is -2.38. The van der Waals surface area contributed by atoms with Crippen LogP contribution in [0.15, 0.2) is 29.1 Å². The highest BCUT2D eigenvalue weighted by Gasteiger charge is 2.17. The fourth-order valence-corrected chi connectivity index (χ4v) is 3.86. The van der Waals surface area contributed by atoms with Crippen LogP contribution in [0.4, 0.5) is 4.39 Å². The number of fused-ring (bicyclic) bond motifs is 1. The molecule has 0 unspecified atom stereocenters. The van der Waals surface area contributed by atoms with Gasteiger partial charge in [0.15, 0.2) is 5.78 Å². The second-order valence-corrected chi connectivity index (χ2v) is 7.45. The lowest BCUT2D eigenvalue weighted by atomic mass is 10.1. The summed E-state index contributed by atoms with van der Waals surface area (Å²) in [6, 6.07) is 6.06. The molecule has 5 nitrogen and oxygen atoms in total. The van der Waals surface area contributed by atoms with Crippen molar-refractivity contribution in [2.75, 3.05) is 13.7 Å². The van der Waals surface area contributed by atoms with Gasteiger partial charge in [0.2, 0.25) is 0 Å². The van der Waals surface area contributed by atoms with Crippen LogP contribution in [0, 0.1) is 12.7 Å². The van der Waals surface area contributed by atoms with Crippen molar-refractivity contribution in [2.45, 2.75) is 33.2 Å². The summed E-state index contributed by atoms with van der Waals surface area (Å²) in [7, 11) is 1.58. The first kappa shape index (κ1) is 19.4. The molecule has 0 N–H and O–H groups in total. The number of ketones is 1. The van der Waals surface area contributed by atoms with Crippen LogP contribution in [-0.2, 0) is 24.1 Å². The molecule has 0 aliphatic heterocycles. The summed E-state index contributed by atoms with van der Waals surface area (Å²) < 4.78 is 20.0. The third-order valence-corrected chi connectivity index (χ3v) is 5.61. The molecule has 1 aromatic carbocycles. The lowest BCUT2D eigenvalue weighted by molar-refractivity contribution is 0.0968. The number of hydrogen-bond acceptors (Lipinski definition) is 5. The number of rotatable bonds is 7. The normalized spacial score (nSPS) is 11.3. The summed E-state index contributed by atoms with van der Waals surface area (Å²) in [6.45, 7) is 3.89. The highest BCUT2D eigenvalue weighted by atomic mass is 32.1. The van der Waals surface area contributed by atoms with E-state index < -0.39 is 0 Å². The van der Waals surface area contributed by atoms with Crippen molar-refractivity contribution in [3.05, 3.63) is 62.3 Å². The summed E-state index contributed by atoms with van der Waals surface area (Å²) in [6.07, 6.45) is 1.25. The maximum atomic E-state index is 13.5. The predicted octanol–water partition coefficient (Wildman–Crippen LogP) is 3.54. The van der Waals surface area contributed by atoms with Crippen molar-refractivity contribution < 1.29 is 13.9 Å². The highest BCUT2D eigenvalue weighted by molar-refractivity contribution is 7.18. The van der Waals surface area contributed by atoms with Crippen LogP contribution in [-0.4, -0.2) is 29.1 Å². The number of nitrogens with zero attached hydrogens (tertiary/aromatic N) is 2. The molecule has 2 heterocycles. The number of hydrogen-bond donors (Lipinski definition) is 0. The molecule has 0 saturated heterocycles. The van der Waals surface area contributed by atoms with E-state index in [-0.39, 0.29) is 23.7 Å². The molecule has 0 saturated carbocycles. The van der Waals surface area contributed by atoms with Crippen molar-refractivity contribution in [2.24, 2.45) is 0 Å². The second-order valence-electron chi connectivity index (χ2n) is 6.33. The average molecular weight is 388 g/mol. The minimum atomic E-state index is -0.363. The highest BCUT2D eigenvalue weighted by Crippen LogP contribution is 2.22. The topological polar surface area (TPSA) is 61.2 Å². The summed E-state index contributed by atoms with van der Waals surface area (Å²) in [4.78, 5) is 32.1. The van der Waals surface area contributed by atoms with E-state index >= 15 is 0 Å². The molecule has 2 aromatic heterocycles. The molecular formula is C20H21FN2O3S. The van der Waals surface area contributed by atoms with E-state index in [0.29, 0.717) is 40.2 Å². The Morgan fingerprint density at radius 2 is 2.11 bits per heavy atom. The Morgan fingerprint density at radius 3 is 2.78 bits per heavy atom. The number of aryl methyl sites for hydroxylation is 2. The van der Waals surface area contributed by atoms with E-state index in [0.717, 1.165) is 11.3 Å². The standard InChI is InChI=1S/C20H21FN2O3S/c1-4-14-10-15-19(27-14)22-18(7-8-26-3)23(20(15)25)11-17(24)13-5-6-16(21)12(2)9-13/h5-6,9-10H,4,7-8,11H2,1-3H3. The number of aromatic nitrogens is 2. The molecule has 142 valence electrons. The minimum absolute atomic E-state index is 0.136. The Morgan fingerprint density at radius 1 is 1.33 bits per heavy atom. The van der Waals surface area contributed by atoms with E-state index in [2.05, 4.69) is 4.98 Å². The van der Waals surface area contributed by atoms with Gasteiger partial charge in [0.05, 0.1) is 18.5 Å². The Kier molecular flexibility index (Phi) is 5.82. The van der Waals surface area contributed by atoms with Crippen LogP contribution < -0.4 is 5.56 Å². The number of halogens is 1. The average Bonchev–Trinajstić information content (AvgIpc) is 3.08. The molecule has 0 spiro atoms. The van der Waals surface area contributed by atoms with Crippen LogP contribution in [0.3, 0.4) is 0 Å². The molecular weight excluding hydrogens is 367 g/mol. The van der Waals surface area contributed by atoms with Gasteiger partial charge in [-0.2, -0.15) is 0 Å². The Bertz CT molecular complexity index is 1060. The fraction of sp³-hybridized carbons (Fsp3) is 0.350. The van der Waals surface area contributed by atoms with Crippen LogP contribution in [0.1, 0.15) is 33.5 Å². The lowest BCUT2D eigenvalue weighted by Gasteiger charge is -2.12. The van der Waals surface area contributed by atoms with Gasteiger partial charge < -0.3 is 4.74 Å². The summed E-state index contributed by atoms with van der Waals surface area (Å²) in [5, 5.41) is 0.529. The molecule has 7 heteroatoms. The minimum Gasteiger partial charge on any atom is -0.384 e. The maximum Gasteiger partial charge on any atom is 0.262 e. The van der Waals surface area contributed by atoms with E-state index in [1.54, 1.807) is 14.0 Å². The number of benzene rings is 1. The molecule has 0 aliphatic carbocycles. The van der Waals surface area contributed by atoms with Gasteiger partial charge >= 0.3 is 0 Å². The fourth-order valence-electron chi connectivity index (χ4n) is 2.88.